The lowest BCUT2D eigenvalue weighted by atomic mass is 9.85. The predicted octanol–water partition coefficient (Wildman–Crippen LogP) is 4.54. The van der Waals surface area contributed by atoms with Gasteiger partial charge in [-0.05, 0) is 24.3 Å². The maximum atomic E-state index is 12.6. The number of rotatable bonds is 3. The molecule has 0 radical (unpaired) electrons. The molecule has 2 aromatic carbocycles. The molecule has 2 aliphatic rings. The van der Waals surface area contributed by atoms with Gasteiger partial charge in [-0.2, -0.15) is 0 Å². The van der Waals surface area contributed by atoms with E-state index < -0.39 is 0 Å². The molecule has 0 saturated carbocycles. The number of likely N-dealkylation sites (tertiary alicyclic amines) is 1. The van der Waals surface area contributed by atoms with Gasteiger partial charge in [-0.1, -0.05) is 41.0 Å². The Morgan fingerprint density at radius 2 is 2.00 bits per heavy atom. The van der Waals surface area contributed by atoms with Crippen molar-refractivity contribution in [3.63, 3.8) is 0 Å². The minimum absolute atomic E-state index is 0.144. The van der Waals surface area contributed by atoms with E-state index in [1.165, 1.54) is 0 Å². The second kappa shape index (κ2) is 7.72. The number of oxime groups is 1. The average molecular weight is 400 g/mol. The Morgan fingerprint density at radius 3 is 2.75 bits per heavy atom. The summed E-state index contributed by atoms with van der Waals surface area (Å²) in [5.74, 6) is 0.798. The monoisotopic (exact) mass is 399 g/mol. The molecule has 1 saturated heterocycles. The Labute approximate surface area is 169 Å². The van der Waals surface area contributed by atoms with Crippen LogP contribution < -0.4 is 10.1 Å². The highest BCUT2D eigenvalue weighted by molar-refractivity contribution is 6.33. The van der Waals surface area contributed by atoms with Crippen molar-refractivity contribution in [2.24, 2.45) is 5.16 Å². The van der Waals surface area contributed by atoms with E-state index in [2.05, 4.69) is 10.5 Å². The Hall–Kier alpha value is -2.73. The van der Waals surface area contributed by atoms with Crippen LogP contribution in [0.5, 0.6) is 5.75 Å². The zero-order chi connectivity index (χ0) is 19.6. The molecule has 7 heteroatoms. The number of amides is 2. The summed E-state index contributed by atoms with van der Waals surface area (Å²) < 4.78 is 5.29. The van der Waals surface area contributed by atoms with Crippen LogP contribution in [0.25, 0.3) is 0 Å². The van der Waals surface area contributed by atoms with Gasteiger partial charge in [0.15, 0.2) is 0 Å². The number of urea groups is 1. The molecule has 2 aliphatic heterocycles. The minimum Gasteiger partial charge on any atom is -0.497 e. The summed E-state index contributed by atoms with van der Waals surface area (Å²) in [4.78, 5) is 20.2. The summed E-state index contributed by atoms with van der Waals surface area (Å²) in [5, 5.41) is 7.74. The third kappa shape index (κ3) is 3.78. The Kier molecular flexibility index (Phi) is 5.13. The van der Waals surface area contributed by atoms with E-state index in [0.29, 0.717) is 23.8 Å². The van der Waals surface area contributed by atoms with Crippen LogP contribution >= 0.6 is 11.6 Å². The zero-order valence-electron chi connectivity index (χ0n) is 15.7. The first-order valence-electron chi connectivity index (χ1n) is 9.28. The molecule has 0 aliphatic carbocycles. The molecule has 146 valence electrons. The van der Waals surface area contributed by atoms with Crippen LogP contribution in [-0.2, 0) is 4.84 Å². The number of benzene rings is 2. The molecule has 1 fully saturated rings. The van der Waals surface area contributed by atoms with Crippen molar-refractivity contribution in [3.05, 3.63) is 59.1 Å². The molecule has 2 aromatic rings. The molecule has 1 spiro atoms. The molecular formula is C21H22ClN3O3. The minimum atomic E-state index is -0.334. The Balaban J connectivity index is 1.35. The number of piperidine rings is 1. The van der Waals surface area contributed by atoms with Gasteiger partial charge in [0.2, 0.25) is 0 Å². The molecule has 0 aromatic heterocycles. The molecule has 1 N–H and O–H groups in total. The number of halogens is 1. The van der Waals surface area contributed by atoms with E-state index in [4.69, 9.17) is 21.2 Å². The Bertz CT molecular complexity index is 907. The van der Waals surface area contributed by atoms with Gasteiger partial charge in [0, 0.05) is 37.9 Å². The average Bonchev–Trinajstić information content (AvgIpc) is 3.14. The van der Waals surface area contributed by atoms with Gasteiger partial charge in [0.05, 0.1) is 23.5 Å². The van der Waals surface area contributed by atoms with E-state index in [9.17, 15) is 4.79 Å². The summed E-state index contributed by atoms with van der Waals surface area (Å²) >= 11 is 6.12. The first-order valence-corrected chi connectivity index (χ1v) is 9.66. The van der Waals surface area contributed by atoms with E-state index in [1.54, 1.807) is 24.1 Å². The summed E-state index contributed by atoms with van der Waals surface area (Å²) in [5.41, 5.74) is 2.22. The predicted molar refractivity (Wildman–Crippen MR) is 109 cm³/mol. The SMILES string of the molecule is COc1cccc(C2=NOC3(CCN(C(=O)Nc4ccccc4Cl)CC3)C2)c1. The lowest BCUT2D eigenvalue weighted by Gasteiger charge is -2.37. The highest BCUT2D eigenvalue weighted by Gasteiger charge is 2.43. The molecule has 0 unspecified atom stereocenters. The fourth-order valence-corrected chi connectivity index (χ4v) is 3.80. The van der Waals surface area contributed by atoms with Crippen molar-refractivity contribution in [3.8, 4) is 5.75 Å². The third-order valence-corrected chi connectivity index (χ3v) is 5.65. The largest absolute Gasteiger partial charge is 0.497 e. The van der Waals surface area contributed by atoms with Crippen molar-refractivity contribution in [2.45, 2.75) is 24.9 Å². The van der Waals surface area contributed by atoms with Gasteiger partial charge in [-0.3, -0.25) is 0 Å². The number of hydrogen-bond donors (Lipinski definition) is 1. The topological polar surface area (TPSA) is 63.2 Å². The van der Waals surface area contributed by atoms with Crippen LogP contribution in [0.15, 0.2) is 53.7 Å². The maximum Gasteiger partial charge on any atom is 0.321 e. The number of carbonyl (C=O) groups excluding carboxylic acids is 1. The van der Waals surface area contributed by atoms with Crippen molar-refractivity contribution in [2.75, 3.05) is 25.5 Å². The van der Waals surface area contributed by atoms with Gasteiger partial charge in [0.25, 0.3) is 0 Å². The van der Waals surface area contributed by atoms with Crippen LogP contribution in [0.4, 0.5) is 10.5 Å². The number of nitrogens with one attached hydrogen (secondary N) is 1. The molecule has 6 nitrogen and oxygen atoms in total. The van der Waals surface area contributed by atoms with E-state index in [-0.39, 0.29) is 11.6 Å². The fraction of sp³-hybridized carbons (Fsp3) is 0.333. The van der Waals surface area contributed by atoms with Gasteiger partial charge in [-0.25, -0.2) is 4.79 Å². The summed E-state index contributed by atoms with van der Waals surface area (Å²) in [6.45, 7) is 1.22. The van der Waals surface area contributed by atoms with Crippen molar-refractivity contribution in [1.29, 1.82) is 0 Å². The standard InChI is InChI=1S/C21H22ClN3O3/c1-27-16-6-4-5-15(13-16)19-14-21(28-24-19)9-11-25(12-10-21)20(26)23-18-8-3-2-7-17(18)22/h2-8,13H,9-12,14H2,1H3,(H,23,26). The van der Waals surface area contributed by atoms with Crippen molar-refractivity contribution < 1.29 is 14.4 Å². The first-order chi connectivity index (χ1) is 13.6. The smallest absolute Gasteiger partial charge is 0.321 e. The van der Waals surface area contributed by atoms with Crippen LogP contribution in [0.1, 0.15) is 24.8 Å². The van der Waals surface area contributed by atoms with E-state index in [0.717, 1.165) is 36.3 Å². The van der Waals surface area contributed by atoms with E-state index >= 15 is 0 Å². The quantitative estimate of drug-likeness (QED) is 0.824. The van der Waals surface area contributed by atoms with E-state index in [1.807, 2.05) is 36.4 Å². The van der Waals surface area contributed by atoms with Crippen LogP contribution in [-0.4, -0.2) is 42.4 Å². The van der Waals surface area contributed by atoms with Crippen LogP contribution in [0.2, 0.25) is 5.02 Å². The number of carbonyl (C=O) groups is 1. The van der Waals surface area contributed by atoms with Crippen LogP contribution in [0, 0.1) is 0 Å². The molecule has 2 heterocycles. The maximum absolute atomic E-state index is 12.6. The molecule has 0 atom stereocenters. The van der Waals surface area contributed by atoms with Crippen molar-refractivity contribution >= 4 is 29.0 Å². The molecule has 0 bridgehead atoms. The molecule has 28 heavy (non-hydrogen) atoms. The number of nitrogens with zero attached hydrogens (tertiary/aromatic N) is 2. The normalized spacial score (nSPS) is 17.8. The number of hydrogen-bond acceptors (Lipinski definition) is 4. The number of anilines is 1. The number of methoxy groups -OCH3 is 1. The van der Waals surface area contributed by atoms with Crippen LogP contribution in [0.3, 0.4) is 0 Å². The van der Waals surface area contributed by atoms with Crippen molar-refractivity contribution in [1.82, 2.24) is 4.90 Å². The lowest BCUT2D eigenvalue weighted by molar-refractivity contribution is -0.0544. The molecule has 4 rings (SSSR count). The highest BCUT2D eigenvalue weighted by Crippen LogP contribution is 2.36. The first kappa shape index (κ1) is 18.6. The molecule has 2 amide bonds. The number of para-hydroxylation sites is 1. The van der Waals surface area contributed by atoms with Gasteiger partial charge in [-0.15, -0.1) is 0 Å². The molecular weight excluding hydrogens is 378 g/mol. The second-order valence-electron chi connectivity index (χ2n) is 7.12. The highest BCUT2D eigenvalue weighted by atomic mass is 35.5. The fourth-order valence-electron chi connectivity index (χ4n) is 3.62. The number of ether oxygens (including phenoxy) is 1. The lowest BCUT2D eigenvalue weighted by Crippen LogP contribution is -2.48. The van der Waals surface area contributed by atoms with Gasteiger partial charge in [0.1, 0.15) is 11.4 Å². The Morgan fingerprint density at radius 1 is 1.21 bits per heavy atom. The summed E-state index contributed by atoms with van der Waals surface area (Å²) in [6.07, 6.45) is 2.21. The summed E-state index contributed by atoms with van der Waals surface area (Å²) in [7, 11) is 1.65. The van der Waals surface area contributed by atoms with Gasteiger partial charge < -0.3 is 19.8 Å². The zero-order valence-corrected chi connectivity index (χ0v) is 16.4. The van der Waals surface area contributed by atoms with Gasteiger partial charge >= 0.3 is 6.03 Å². The second-order valence-corrected chi connectivity index (χ2v) is 7.53. The third-order valence-electron chi connectivity index (χ3n) is 5.32. The summed E-state index contributed by atoms with van der Waals surface area (Å²) in [6, 6.07) is 14.9.